The Hall–Kier alpha value is -1.95. The van der Waals surface area contributed by atoms with E-state index in [0.717, 1.165) is 61.5 Å². The molecule has 4 rings (SSSR count). The third kappa shape index (κ3) is 3.68. The van der Waals surface area contributed by atoms with Crippen molar-refractivity contribution in [3.8, 4) is 0 Å². The van der Waals surface area contributed by atoms with E-state index < -0.39 is 0 Å². The number of hydrogen-bond acceptors (Lipinski definition) is 5. The van der Waals surface area contributed by atoms with Gasteiger partial charge in [0.15, 0.2) is 0 Å². The van der Waals surface area contributed by atoms with Crippen LogP contribution < -0.4 is 5.56 Å². The lowest BCUT2D eigenvalue weighted by molar-refractivity contribution is 0.219. The number of aromatic nitrogens is 3. The molecule has 1 atom stereocenters. The van der Waals surface area contributed by atoms with Crippen molar-refractivity contribution >= 4 is 0 Å². The van der Waals surface area contributed by atoms with E-state index in [1.807, 2.05) is 19.1 Å². The highest BCUT2D eigenvalue weighted by Gasteiger charge is 2.26. The Morgan fingerprint density at radius 3 is 2.96 bits per heavy atom. The maximum absolute atomic E-state index is 12.4. The van der Waals surface area contributed by atoms with Crippen LogP contribution in [0.3, 0.4) is 0 Å². The quantitative estimate of drug-likeness (QED) is 0.833. The molecule has 6 heteroatoms. The topological polar surface area (TPSA) is 64.2 Å². The summed E-state index contributed by atoms with van der Waals surface area (Å²) in [6.07, 6.45) is 7.55. The highest BCUT2D eigenvalue weighted by atomic mass is 16.5. The van der Waals surface area contributed by atoms with Gasteiger partial charge in [-0.1, -0.05) is 5.16 Å². The van der Waals surface area contributed by atoms with Gasteiger partial charge in [0.05, 0.1) is 17.9 Å². The predicted octanol–water partition coefficient (Wildman–Crippen LogP) is 2.13. The molecular formula is C19H26N4O2. The van der Waals surface area contributed by atoms with Crippen LogP contribution in [0, 0.1) is 6.92 Å². The second-order valence-electron chi connectivity index (χ2n) is 7.36. The molecule has 0 saturated carbocycles. The molecule has 3 heterocycles. The third-order valence-corrected chi connectivity index (χ3v) is 5.48. The zero-order chi connectivity index (χ0) is 17.2. The van der Waals surface area contributed by atoms with Gasteiger partial charge in [-0.05, 0) is 57.6 Å². The van der Waals surface area contributed by atoms with Gasteiger partial charge in [-0.15, -0.1) is 0 Å². The second kappa shape index (κ2) is 7.12. The molecule has 0 bridgehead atoms. The molecule has 1 aliphatic carbocycles. The molecule has 0 spiro atoms. The van der Waals surface area contributed by atoms with Gasteiger partial charge in [0.25, 0.3) is 5.56 Å². The minimum Gasteiger partial charge on any atom is -0.361 e. The molecule has 1 fully saturated rings. The average molecular weight is 342 g/mol. The average Bonchev–Trinajstić information content (AvgIpc) is 3.22. The summed E-state index contributed by atoms with van der Waals surface area (Å²) in [4.78, 5) is 14.9. The van der Waals surface area contributed by atoms with Crippen molar-refractivity contribution in [1.29, 1.82) is 0 Å². The van der Waals surface area contributed by atoms with Gasteiger partial charge in [0, 0.05) is 31.1 Å². The van der Waals surface area contributed by atoms with Crippen molar-refractivity contribution < 1.29 is 4.52 Å². The fourth-order valence-corrected chi connectivity index (χ4v) is 4.12. The van der Waals surface area contributed by atoms with Gasteiger partial charge in [-0.25, -0.2) is 4.68 Å². The van der Waals surface area contributed by atoms with Gasteiger partial charge in [0.2, 0.25) is 0 Å². The minimum atomic E-state index is 0.0540. The Balaban J connectivity index is 1.43. The maximum Gasteiger partial charge on any atom is 0.267 e. The van der Waals surface area contributed by atoms with Crippen LogP contribution >= 0.6 is 0 Å². The van der Waals surface area contributed by atoms with Crippen LogP contribution in [0.5, 0.6) is 0 Å². The number of aryl methyl sites for hydroxylation is 3. The number of fused-ring (bicyclic) bond motifs is 1. The van der Waals surface area contributed by atoms with Crippen LogP contribution in [0.1, 0.15) is 48.4 Å². The Kier molecular flexibility index (Phi) is 4.70. The fourth-order valence-electron chi connectivity index (χ4n) is 4.12. The van der Waals surface area contributed by atoms with E-state index in [0.29, 0.717) is 12.6 Å². The molecule has 2 aromatic heterocycles. The molecule has 1 aliphatic heterocycles. The van der Waals surface area contributed by atoms with Crippen molar-refractivity contribution in [3.63, 3.8) is 0 Å². The first-order chi connectivity index (χ1) is 12.2. The zero-order valence-corrected chi connectivity index (χ0v) is 14.9. The Bertz CT molecular complexity index is 795. The van der Waals surface area contributed by atoms with Crippen molar-refractivity contribution in [1.82, 2.24) is 19.8 Å². The van der Waals surface area contributed by atoms with E-state index >= 15 is 0 Å². The molecule has 1 saturated heterocycles. The summed E-state index contributed by atoms with van der Waals surface area (Å²) in [7, 11) is 0. The largest absolute Gasteiger partial charge is 0.361 e. The third-order valence-electron chi connectivity index (χ3n) is 5.48. The lowest BCUT2D eigenvalue weighted by Gasteiger charge is -2.25. The number of likely N-dealkylation sites (tertiary alicyclic amines) is 1. The van der Waals surface area contributed by atoms with Crippen LogP contribution in [0.15, 0.2) is 21.5 Å². The SMILES string of the molecule is Cc1cc(CCN2CCCC2Cn2nc3c(cc2=O)CCCC3)on1. The summed E-state index contributed by atoms with van der Waals surface area (Å²) in [5, 5.41) is 8.63. The van der Waals surface area contributed by atoms with Gasteiger partial charge in [-0.2, -0.15) is 5.10 Å². The summed E-state index contributed by atoms with van der Waals surface area (Å²) < 4.78 is 7.01. The lowest BCUT2D eigenvalue weighted by atomic mass is 9.97. The first-order valence-corrected chi connectivity index (χ1v) is 9.45. The first-order valence-electron chi connectivity index (χ1n) is 9.45. The summed E-state index contributed by atoms with van der Waals surface area (Å²) in [6, 6.07) is 4.20. The number of rotatable bonds is 5. The van der Waals surface area contributed by atoms with E-state index in [9.17, 15) is 4.79 Å². The summed E-state index contributed by atoms with van der Waals surface area (Å²) in [5.41, 5.74) is 3.28. The van der Waals surface area contributed by atoms with E-state index in [-0.39, 0.29) is 5.56 Å². The normalized spacial score (nSPS) is 20.8. The highest BCUT2D eigenvalue weighted by molar-refractivity contribution is 5.20. The maximum atomic E-state index is 12.4. The van der Waals surface area contributed by atoms with E-state index in [2.05, 4.69) is 15.2 Å². The summed E-state index contributed by atoms with van der Waals surface area (Å²) in [5.74, 6) is 0.937. The van der Waals surface area contributed by atoms with Crippen LogP contribution in [-0.2, 0) is 25.8 Å². The Morgan fingerprint density at radius 1 is 1.24 bits per heavy atom. The van der Waals surface area contributed by atoms with E-state index in [1.165, 1.54) is 19.3 Å². The molecule has 25 heavy (non-hydrogen) atoms. The Labute approximate surface area is 147 Å². The van der Waals surface area contributed by atoms with Crippen molar-refractivity contribution in [2.45, 2.75) is 64.5 Å². The number of nitrogens with zero attached hydrogens (tertiary/aromatic N) is 4. The van der Waals surface area contributed by atoms with Crippen LogP contribution in [0.2, 0.25) is 0 Å². The molecule has 0 amide bonds. The first kappa shape index (κ1) is 16.5. The van der Waals surface area contributed by atoms with E-state index in [4.69, 9.17) is 4.52 Å². The van der Waals surface area contributed by atoms with Gasteiger partial charge >= 0.3 is 0 Å². The molecule has 2 aliphatic rings. The van der Waals surface area contributed by atoms with Crippen molar-refractivity contribution in [3.05, 3.63) is 45.2 Å². The van der Waals surface area contributed by atoms with Crippen molar-refractivity contribution in [2.24, 2.45) is 0 Å². The lowest BCUT2D eigenvalue weighted by Crippen LogP contribution is -2.38. The van der Waals surface area contributed by atoms with Gasteiger partial charge < -0.3 is 4.52 Å². The smallest absolute Gasteiger partial charge is 0.267 e. The second-order valence-corrected chi connectivity index (χ2v) is 7.36. The molecule has 2 aromatic rings. The molecule has 134 valence electrons. The van der Waals surface area contributed by atoms with Crippen molar-refractivity contribution in [2.75, 3.05) is 13.1 Å². The minimum absolute atomic E-state index is 0.0540. The molecule has 1 unspecified atom stereocenters. The predicted molar refractivity (Wildman–Crippen MR) is 94.7 cm³/mol. The van der Waals surface area contributed by atoms with Gasteiger partial charge in [0.1, 0.15) is 5.76 Å². The molecular weight excluding hydrogens is 316 g/mol. The molecule has 0 N–H and O–H groups in total. The highest BCUT2D eigenvalue weighted by Crippen LogP contribution is 2.20. The van der Waals surface area contributed by atoms with Gasteiger partial charge in [-0.3, -0.25) is 9.69 Å². The van der Waals surface area contributed by atoms with Crippen LogP contribution in [-0.4, -0.2) is 39.0 Å². The number of hydrogen-bond donors (Lipinski definition) is 0. The monoisotopic (exact) mass is 342 g/mol. The molecule has 0 radical (unpaired) electrons. The summed E-state index contributed by atoms with van der Waals surface area (Å²) >= 11 is 0. The van der Waals surface area contributed by atoms with Crippen LogP contribution in [0.25, 0.3) is 0 Å². The summed E-state index contributed by atoms with van der Waals surface area (Å²) in [6.45, 7) is 4.66. The van der Waals surface area contributed by atoms with Crippen LogP contribution in [0.4, 0.5) is 0 Å². The molecule has 6 nitrogen and oxygen atoms in total. The van der Waals surface area contributed by atoms with E-state index in [1.54, 1.807) is 4.68 Å². The fraction of sp³-hybridized carbons (Fsp3) is 0.632. The molecule has 0 aromatic carbocycles. The Morgan fingerprint density at radius 2 is 2.12 bits per heavy atom. The standard InChI is InChI=1S/C19H26N4O2/c1-14-11-17(25-21-14)8-10-22-9-4-6-16(22)13-23-19(24)12-15-5-2-3-7-18(15)20-23/h11-12,16H,2-10,13H2,1H3. The zero-order valence-electron chi connectivity index (χ0n) is 14.9.